The molecule has 1 N–H and O–H groups in total. The van der Waals surface area contributed by atoms with Gasteiger partial charge in [0.15, 0.2) is 0 Å². The molecule has 0 saturated carbocycles. The van der Waals surface area contributed by atoms with Gasteiger partial charge in [-0.15, -0.1) is 22.9 Å². The van der Waals surface area contributed by atoms with Crippen LogP contribution in [0.4, 0.5) is 0 Å². The molecule has 17 heavy (non-hydrogen) atoms. The zero-order valence-electron chi connectivity index (χ0n) is 10.8. The molecule has 3 nitrogen and oxygen atoms in total. The standard InChI is InChI=1S/C12H19ClN2OS/c1-5-12(4,6-7-13)15-11(16)10-8(2)14-9(3)17-10/h5-7H2,1-4H3,(H,15,16). The minimum absolute atomic E-state index is 0.0393. The summed E-state index contributed by atoms with van der Waals surface area (Å²) >= 11 is 7.20. The zero-order chi connectivity index (χ0) is 13.1. The molecule has 0 bridgehead atoms. The lowest BCUT2D eigenvalue weighted by Gasteiger charge is -2.28. The summed E-state index contributed by atoms with van der Waals surface area (Å²) in [6, 6.07) is 0. The second kappa shape index (κ2) is 5.83. The predicted molar refractivity (Wildman–Crippen MR) is 73.1 cm³/mol. The highest BCUT2D eigenvalue weighted by atomic mass is 35.5. The fraction of sp³-hybridized carbons (Fsp3) is 0.667. The number of aromatic nitrogens is 1. The van der Waals surface area contributed by atoms with E-state index in [1.54, 1.807) is 0 Å². The van der Waals surface area contributed by atoms with Crippen LogP contribution in [0.15, 0.2) is 0 Å². The van der Waals surface area contributed by atoms with Crippen molar-refractivity contribution in [3.05, 3.63) is 15.6 Å². The minimum Gasteiger partial charge on any atom is -0.346 e. The monoisotopic (exact) mass is 274 g/mol. The minimum atomic E-state index is -0.233. The number of aryl methyl sites for hydroxylation is 2. The lowest BCUT2D eigenvalue weighted by atomic mass is 9.95. The molecule has 1 aromatic heterocycles. The molecule has 0 aromatic carbocycles. The molecule has 0 aliphatic heterocycles. The molecule has 1 amide bonds. The number of nitrogens with one attached hydrogen (secondary N) is 1. The van der Waals surface area contributed by atoms with Crippen LogP contribution in [-0.2, 0) is 0 Å². The summed E-state index contributed by atoms with van der Waals surface area (Å²) in [5.41, 5.74) is 0.567. The number of halogens is 1. The van der Waals surface area contributed by atoms with Crippen molar-refractivity contribution >= 4 is 28.8 Å². The summed E-state index contributed by atoms with van der Waals surface area (Å²) in [6.07, 6.45) is 1.63. The quantitative estimate of drug-likeness (QED) is 0.837. The van der Waals surface area contributed by atoms with Gasteiger partial charge in [0.25, 0.3) is 5.91 Å². The maximum atomic E-state index is 12.1. The Morgan fingerprint density at radius 2 is 2.18 bits per heavy atom. The van der Waals surface area contributed by atoms with Gasteiger partial charge < -0.3 is 5.32 Å². The molecular weight excluding hydrogens is 256 g/mol. The number of thiazole rings is 1. The third-order valence-corrected chi connectivity index (χ3v) is 4.21. The molecule has 1 atom stereocenters. The number of carbonyl (C=O) groups is 1. The Morgan fingerprint density at radius 1 is 1.53 bits per heavy atom. The van der Waals surface area contributed by atoms with Gasteiger partial charge in [0, 0.05) is 11.4 Å². The first-order valence-corrected chi connectivity index (χ1v) is 7.09. The fourth-order valence-corrected chi connectivity index (χ4v) is 2.84. The maximum Gasteiger partial charge on any atom is 0.263 e. The lowest BCUT2D eigenvalue weighted by molar-refractivity contribution is 0.0905. The third kappa shape index (κ3) is 3.68. The molecule has 0 aliphatic carbocycles. The van der Waals surface area contributed by atoms with Crippen molar-refractivity contribution in [2.45, 2.75) is 46.1 Å². The average molecular weight is 275 g/mol. The number of rotatable bonds is 5. The van der Waals surface area contributed by atoms with Crippen LogP contribution in [0.3, 0.4) is 0 Å². The second-order valence-electron chi connectivity index (χ2n) is 4.45. The molecule has 5 heteroatoms. The normalized spacial score (nSPS) is 14.4. The Labute approximate surface area is 112 Å². The molecule has 1 aromatic rings. The van der Waals surface area contributed by atoms with Crippen LogP contribution in [-0.4, -0.2) is 22.3 Å². The second-order valence-corrected chi connectivity index (χ2v) is 6.04. The Balaban J connectivity index is 2.81. The molecule has 1 heterocycles. The van der Waals surface area contributed by atoms with Crippen molar-refractivity contribution in [1.29, 1.82) is 0 Å². The van der Waals surface area contributed by atoms with Crippen molar-refractivity contribution in [1.82, 2.24) is 10.3 Å². The van der Waals surface area contributed by atoms with Gasteiger partial charge in [-0.25, -0.2) is 4.98 Å². The van der Waals surface area contributed by atoms with Crippen LogP contribution in [0.2, 0.25) is 0 Å². The smallest absolute Gasteiger partial charge is 0.263 e. The van der Waals surface area contributed by atoms with Gasteiger partial charge in [-0.1, -0.05) is 6.92 Å². The van der Waals surface area contributed by atoms with E-state index in [-0.39, 0.29) is 11.4 Å². The van der Waals surface area contributed by atoms with Crippen molar-refractivity contribution in [2.24, 2.45) is 0 Å². The van der Waals surface area contributed by atoms with Crippen LogP contribution in [0, 0.1) is 13.8 Å². The predicted octanol–water partition coefficient (Wildman–Crippen LogP) is 3.29. The van der Waals surface area contributed by atoms with Gasteiger partial charge >= 0.3 is 0 Å². The van der Waals surface area contributed by atoms with E-state index in [1.165, 1.54) is 11.3 Å². The van der Waals surface area contributed by atoms with E-state index in [9.17, 15) is 4.79 Å². The first-order chi connectivity index (χ1) is 7.91. The Bertz CT molecular complexity index is 405. The molecule has 0 spiro atoms. The van der Waals surface area contributed by atoms with Gasteiger partial charge in [0.2, 0.25) is 0 Å². The van der Waals surface area contributed by atoms with E-state index in [2.05, 4.69) is 17.2 Å². The van der Waals surface area contributed by atoms with Crippen molar-refractivity contribution in [3.8, 4) is 0 Å². The summed E-state index contributed by atoms with van der Waals surface area (Å²) < 4.78 is 0. The molecule has 96 valence electrons. The van der Waals surface area contributed by atoms with Gasteiger partial charge in [-0.05, 0) is 33.6 Å². The zero-order valence-corrected chi connectivity index (χ0v) is 12.3. The first kappa shape index (κ1) is 14.5. The molecular formula is C12H19ClN2OS. The van der Waals surface area contributed by atoms with Crippen molar-refractivity contribution < 1.29 is 4.79 Å². The molecule has 1 unspecified atom stereocenters. The van der Waals surface area contributed by atoms with Crippen molar-refractivity contribution in [3.63, 3.8) is 0 Å². The topological polar surface area (TPSA) is 42.0 Å². The summed E-state index contributed by atoms with van der Waals surface area (Å²) in [5, 5.41) is 3.98. The van der Waals surface area contributed by atoms with E-state index in [4.69, 9.17) is 11.6 Å². The first-order valence-electron chi connectivity index (χ1n) is 5.74. The number of alkyl halides is 1. The Hall–Kier alpha value is -0.610. The number of hydrogen-bond donors (Lipinski definition) is 1. The van der Waals surface area contributed by atoms with E-state index in [1.807, 2.05) is 20.8 Å². The Morgan fingerprint density at radius 3 is 2.59 bits per heavy atom. The van der Waals surface area contributed by atoms with E-state index in [0.29, 0.717) is 10.8 Å². The third-order valence-electron chi connectivity index (χ3n) is 2.95. The van der Waals surface area contributed by atoms with Crippen LogP contribution in [0.5, 0.6) is 0 Å². The number of hydrogen-bond acceptors (Lipinski definition) is 3. The SMILES string of the molecule is CCC(C)(CCCl)NC(=O)c1sc(C)nc1C. The molecule has 0 saturated heterocycles. The summed E-state index contributed by atoms with van der Waals surface area (Å²) in [7, 11) is 0. The molecule has 0 radical (unpaired) electrons. The highest BCUT2D eigenvalue weighted by molar-refractivity contribution is 7.13. The molecule has 0 fully saturated rings. The van der Waals surface area contributed by atoms with E-state index in [0.717, 1.165) is 23.5 Å². The lowest BCUT2D eigenvalue weighted by Crippen LogP contribution is -2.45. The summed E-state index contributed by atoms with van der Waals surface area (Å²) in [4.78, 5) is 17.1. The average Bonchev–Trinajstić information content (AvgIpc) is 2.58. The molecule has 1 rings (SSSR count). The summed E-state index contributed by atoms with van der Waals surface area (Å²) in [5.74, 6) is 0.508. The van der Waals surface area contributed by atoms with Gasteiger partial charge in [-0.3, -0.25) is 4.79 Å². The summed E-state index contributed by atoms with van der Waals surface area (Å²) in [6.45, 7) is 7.85. The fourth-order valence-electron chi connectivity index (χ4n) is 1.61. The van der Waals surface area contributed by atoms with Crippen LogP contribution >= 0.6 is 22.9 Å². The van der Waals surface area contributed by atoms with Gasteiger partial charge in [-0.2, -0.15) is 0 Å². The highest BCUT2D eigenvalue weighted by Gasteiger charge is 2.25. The van der Waals surface area contributed by atoms with Crippen LogP contribution < -0.4 is 5.32 Å². The number of amides is 1. The van der Waals surface area contributed by atoms with Crippen molar-refractivity contribution in [2.75, 3.05) is 5.88 Å². The maximum absolute atomic E-state index is 12.1. The highest BCUT2D eigenvalue weighted by Crippen LogP contribution is 2.20. The van der Waals surface area contributed by atoms with E-state index < -0.39 is 0 Å². The van der Waals surface area contributed by atoms with Gasteiger partial charge in [0.1, 0.15) is 4.88 Å². The van der Waals surface area contributed by atoms with Gasteiger partial charge in [0.05, 0.1) is 10.7 Å². The van der Waals surface area contributed by atoms with Crippen LogP contribution in [0.1, 0.15) is 47.1 Å². The van der Waals surface area contributed by atoms with Crippen LogP contribution in [0.25, 0.3) is 0 Å². The number of nitrogens with zero attached hydrogens (tertiary/aromatic N) is 1. The largest absolute Gasteiger partial charge is 0.346 e. The number of carbonyl (C=O) groups excluding carboxylic acids is 1. The molecule has 0 aliphatic rings. The van der Waals surface area contributed by atoms with E-state index >= 15 is 0 Å². The Kier molecular flexibility index (Phi) is 4.95.